The van der Waals surface area contributed by atoms with Gasteiger partial charge in [-0.25, -0.2) is 9.97 Å². The molecule has 3 aromatic heterocycles. The summed E-state index contributed by atoms with van der Waals surface area (Å²) in [7, 11) is 0. The average Bonchev–Trinajstić information content (AvgIpc) is 3.55. The van der Waals surface area contributed by atoms with Gasteiger partial charge in [-0.05, 0) is 63.7 Å². The van der Waals surface area contributed by atoms with Crippen LogP contribution in [0.25, 0.3) is 77.5 Å². The summed E-state index contributed by atoms with van der Waals surface area (Å²) >= 11 is 0. The summed E-state index contributed by atoms with van der Waals surface area (Å²) in [6.07, 6.45) is 3.36. The Labute approximate surface area is 217 Å². The number of hydrogen-bond acceptors (Lipinski definition) is 4. The van der Waals surface area contributed by atoms with Crippen molar-refractivity contribution in [3.05, 3.63) is 122 Å². The molecule has 5 aromatic carbocycles. The van der Waals surface area contributed by atoms with E-state index >= 15 is 0 Å². The van der Waals surface area contributed by atoms with Gasteiger partial charge in [0.2, 0.25) is 5.71 Å². The molecule has 0 aliphatic heterocycles. The second-order valence-electron chi connectivity index (χ2n) is 9.42. The van der Waals surface area contributed by atoms with E-state index in [2.05, 4.69) is 101 Å². The van der Waals surface area contributed by atoms with Crippen LogP contribution in [-0.2, 0) is 0 Å². The van der Waals surface area contributed by atoms with Crippen LogP contribution < -0.4 is 0 Å². The van der Waals surface area contributed by atoms with E-state index in [0.717, 1.165) is 55.1 Å². The van der Waals surface area contributed by atoms with Gasteiger partial charge in [0, 0.05) is 28.6 Å². The van der Waals surface area contributed by atoms with Crippen LogP contribution in [0.15, 0.2) is 130 Å². The minimum Gasteiger partial charge on any atom is -0.456 e. The standard InChI is InChI=1S/C34H20N2O2/c1-3-9-25(23(7-1)21-13-15-31-28(19-21)27-11-5-6-12-30(27)37-31)26-10-4-2-8-24(26)22-14-16-32-29(20-22)33-34(38-32)36-18-17-35-33/h1-20H. The highest BCUT2D eigenvalue weighted by atomic mass is 16.3. The molecule has 0 saturated carbocycles. The van der Waals surface area contributed by atoms with Crippen molar-refractivity contribution in [2.75, 3.05) is 0 Å². The first kappa shape index (κ1) is 20.9. The summed E-state index contributed by atoms with van der Waals surface area (Å²) in [5, 5.41) is 3.22. The molecule has 0 N–H and O–H groups in total. The van der Waals surface area contributed by atoms with E-state index in [1.165, 1.54) is 16.7 Å². The van der Waals surface area contributed by atoms with Crippen molar-refractivity contribution in [3.8, 4) is 33.4 Å². The number of hydrogen-bond donors (Lipinski definition) is 0. The minimum absolute atomic E-state index is 0.556. The zero-order valence-corrected chi connectivity index (χ0v) is 20.3. The van der Waals surface area contributed by atoms with Gasteiger partial charge in [0.1, 0.15) is 22.3 Å². The van der Waals surface area contributed by atoms with Crippen LogP contribution in [0, 0.1) is 0 Å². The van der Waals surface area contributed by atoms with Gasteiger partial charge in [-0.2, -0.15) is 0 Å². The van der Waals surface area contributed by atoms with Crippen LogP contribution in [0.3, 0.4) is 0 Å². The third-order valence-electron chi connectivity index (χ3n) is 7.25. The molecule has 0 saturated heterocycles. The van der Waals surface area contributed by atoms with E-state index in [0.29, 0.717) is 5.71 Å². The van der Waals surface area contributed by atoms with E-state index in [1.54, 1.807) is 12.4 Å². The molecule has 0 aliphatic carbocycles. The third kappa shape index (κ3) is 3.17. The van der Waals surface area contributed by atoms with Gasteiger partial charge in [0.15, 0.2) is 0 Å². The first-order valence-corrected chi connectivity index (χ1v) is 12.6. The van der Waals surface area contributed by atoms with Crippen LogP contribution in [0.1, 0.15) is 0 Å². The molecule has 0 fully saturated rings. The van der Waals surface area contributed by atoms with Gasteiger partial charge < -0.3 is 8.83 Å². The lowest BCUT2D eigenvalue weighted by Crippen LogP contribution is -1.89. The van der Waals surface area contributed by atoms with Crippen molar-refractivity contribution in [3.63, 3.8) is 0 Å². The normalized spacial score (nSPS) is 11.7. The predicted octanol–water partition coefficient (Wildman–Crippen LogP) is 9.28. The summed E-state index contributed by atoms with van der Waals surface area (Å²) in [4.78, 5) is 8.85. The summed E-state index contributed by atoms with van der Waals surface area (Å²) in [6.45, 7) is 0. The number of para-hydroxylation sites is 1. The number of nitrogens with zero attached hydrogens (tertiary/aromatic N) is 2. The Hall–Kier alpha value is -5.22. The molecule has 4 heteroatoms. The van der Waals surface area contributed by atoms with Crippen molar-refractivity contribution < 1.29 is 8.83 Å². The second-order valence-corrected chi connectivity index (χ2v) is 9.42. The number of furan rings is 2. The van der Waals surface area contributed by atoms with Crippen molar-refractivity contribution in [1.82, 2.24) is 9.97 Å². The lowest BCUT2D eigenvalue weighted by atomic mass is 9.89. The molecular weight excluding hydrogens is 468 g/mol. The summed E-state index contributed by atoms with van der Waals surface area (Å²) in [6, 6.07) is 38.1. The lowest BCUT2D eigenvalue weighted by molar-refractivity contribution is 0.653. The van der Waals surface area contributed by atoms with E-state index < -0.39 is 0 Å². The van der Waals surface area contributed by atoms with Crippen LogP contribution in [0.2, 0.25) is 0 Å². The van der Waals surface area contributed by atoms with Crippen molar-refractivity contribution in [2.45, 2.75) is 0 Å². The maximum Gasteiger partial charge on any atom is 0.246 e. The SMILES string of the molecule is c1ccc(-c2ccccc2-c2ccc3oc4nccnc4c3c2)c(-c2ccc3oc4ccccc4c3c2)c1. The van der Waals surface area contributed by atoms with Crippen LogP contribution in [0.5, 0.6) is 0 Å². The Morgan fingerprint density at radius 2 is 0.974 bits per heavy atom. The Balaban J connectivity index is 1.32. The number of benzene rings is 5. The molecule has 0 radical (unpaired) electrons. The monoisotopic (exact) mass is 488 g/mol. The van der Waals surface area contributed by atoms with Gasteiger partial charge in [-0.3, -0.25) is 0 Å². The van der Waals surface area contributed by atoms with Gasteiger partial charge in [0.05, 0.1) is 0 Å². The lowest BCUT2D eigenvalue weighted by Gasteiger charge is -2.15. The van der Waals surface area contributed by atoms with Crippen molar-refractivity contribution >= 4 is 44.1 Å². The molecule has 4 nitrogen and oxygen atoms in total. The fourth-order valence-corrected chi connectivity index (χ4v) is 5.49. The average molecular weight is 489 g/mol. The molecule has 8 rings (SSSR count). The molecule has 0 aliphatic rings. The number of rotatable bonds is 3. The largest absolute Gasteiger partial charge is 0.456 e. The molecule has 3 heterocycles. The molecule has 0 atom stereocenters. The number of fused-ring (bicyclic) bond motifs is 6. The quantitative estimate of drug-likeness (QED) is 0.249. The Bertz CT molecular complexity index is 2000. The zero-order chi connectivity index (χ0) is 25.1. The fourth-order valence-electron chi connectivity index (χ4n) is 5.49. The first-order valence-electron chi connectivity index (χ1n) is 12.6. The van der Waals surface area contributed by atoms with Crippen molar-refractivity contribution in [2.24, 2.45) is 0 Å². The van der Waals surface area contributed by atoms with Gasteiger partial charge in [-0.1, -0.05) is 78.9 Å². The highest BCUT2D eigenvalue weighted by Gasteiger charge is 2.16. The minimum atomic E-state index is 0.556. The Morgan fingerprint density at radius 3 is 1.71 bits per heavy atom. The molecular formula is C34H20N2O2. The van der Waals surface area contributed by atoms with Crippen LogP contribution in [-0.4, -0.2) is 9.97 Å². The Morgan fingerprint density at radius 1 is 0.421 bits per heavy atom. The molecule has 0 bridgehead atoms. The van der Waals surface area contributed by atoms with Crippen LogP contribution >= 0.6 is 0 Å². The molecule has 0 spiro atoms. The smallest absolute Gasteiger partial charge is 0.246 e. The maximum absolute atomic E-state index is 6.08. The summed E-state index contributed by atoms with van der Waals surface area (Å²) < 4.78 is 12.0. The van der Waals surface area contributed by atoms with Crippen molar-refractivity contribution in [1.29, 1.82) is 0 Å². The van der Waals surface area contributed by atoms with Gasteiger partial charge >= 0.3 is 0 Å². The molecule has 0 unspecified atom stereocenters. The zero-order valence-electron chi connectivity index (χ0n) is 20.3. The second kappa shape index (κ2) is 8.15. The molecule has 178 valence electrons. The summed E-state index contributed by atoms with van der Waals surface area (Å²) in [5.74, 6) is 0. The maximum atomic E-state index is 6.08. The van der Waals surface area contributed by atoms with Crippen LogP contribution in [0.4, 0.5) is 0 Å². The van der Waals surface area contributed by atoms with E-state index in [9.17, 15) is 0 Å². The summed E-state index contributed by atoms with van der Waals surface area (Å²) in [5.41, 5.74) is 10.8. The highest BCUT2D eigenvalue weighted by molar-refractivity contribution is 6.07. The Kier molecular flexibility index (Phi) is 4.49. The van der Waals surface area contributed by atoms with Gasteiger partial charge in [-0.15, -0.1) is 0 Å². The highest BCUT2D eigenvalue weighted by Crippen LogP contribution is 2.41. The van der Waals surface area contributed by atoms with E-state index in [4.69, 9.17) is 8.83 Å². The number of aromatic nitrogens is 2. The van der Waals surface area contributed by atoms with E-state index in [-0.39, 0.29) is 0 Å². The first-order chi connectivity index (χ1) is 18.8. The fraction of sp³-hybridized carbons (Fsp3) is 0. The predicted molar refractivity (Wildman–Crippen MR) is 153 cm³/mol. The third-order valence-corrected chi connectivity index (χ3v) is 7.25. The molecule has 38 heavy (non-hydrogen) atoms. The van der Waals surface area contributed by atoms with Gasteiger partial charge in [0.25, 0.3) is 0 Å². The topological polar surface area (TPSA) is 52.1 Å². The van der Waals surface area contributed by atoms with E-state index in [1.807, 2.05) is 18.2 Å². The molecule has 8 aromatic rings. The molecule has 0 amide bonds.